The number of hydrogen-bond acceptors (Lipinski definition) is 2. The van der Waals surface area contributed by atoms with Crippen molar-refractivity contribution in [3.63, 3.8) is 0 Å². The van der Waals surface area contributed by atoms with Crippen LogP contribution < -0.4 is 0 Å². The first-order valence-electron chi connectivity index (χ1n) is 8.83. The quantitative estimate of drug-likeness (QED) is 0.593. The molecule has 0 radical (unpaired) electrons. The summed E-state index contributed by atoms with van der Waals surface area (Å²) < 4.78 is 0. The minimum absolute atomic E-state index is 0.253. The molecule has 1 aromatic heterocycles. The summed E-state index contributed by atoms with van der Waals surface area (Å²) in [6, 6.07) is 14.0. The van der Waals surface area contributed by atoms with Crippen LogP contribution in [0.5, 0.6) is 0 Å². The molecule has 1 heterocycles. The number of aryl methyl sites for hydroxylation is 1. The van der Waals surface area contributed by atoms with E-state index in [0.29, 0.717) is 16.7 Å². The lowest BCUT2D eigenvalue weighted by Gasteiger charge is -2.19. The maximum Gasteiger partial charge on any atom is 0.345 e. The van der Waals surface area contributed by atoms with Crippen LogP contribution in [0.4, 0.5) is 0 Å². The first-order valence-corrected chi connectivity index (χ1v) is 10.1. The zero-order chi connectivity index (χ0) is 17.6. The summed E-state index contributed by atoms with van der Waals surface area (Å²) in [5.41, 5.74) is 1.24. The number of benzene rings is 1. The van der Waals surface area contributed by atoms with Crippen LogP contribution in [0.2, 0.25) is 0 Å². The lowest BCUT2D eigenvalue weighted by atomic mass is 9.90. The number of allylic oxidation sites excluding steroid dienone is 1. The topological polar surface area (TPSA) is 37.3 Å². The number of alkyl halides is 1. The van der Waals surface area contributed by atoms with E-state index in [1.165, 1.54) is 16.9 Å². The van der Waals surface area contributed by atoms with Crippen molar-refractivity contribution in [1.82, 2.24) is 0 Å². The van der Waals surface area contributed by atoms with Crippen LogP contribution in [-0.4, -0.2) is 16.5 Å². The van der Waals surface area contributed by atoms with Crippen molar-refractivity contribution in [1.29, 1.82) is 0 Å². The molecule has 1 aliphatic carbocycles. The van der Waals surface area contributed by atoms with Gasteiger partial charge in [-0.3, -0.25) is 0 Å². The number of carboxylic acids is 1. The van der Waals surface area contributed by atoms with Gasteiger partial charge >= 0.3 is 5.97 Å². The van der Waals surface area contributed by atoms with Crippen molar-refractivity contribution in [2.75, 3.05) is 0 Å². The van der Waals surface area contributed by atoms with Gasteiger partial charge in [0.25, 0.3) is 0 Å². The number of thiophene rings is 1. The Hall–Kier alpha value is -1.58. The predicted octanol–water partition coefficient (Wildman–Crippen LogP) is 6.12. The third-order valence-electron chi connectivity index (χ3n) is 4.96. The second-order valence-electron chi connectivity index (χ2n) is 6.65. The van der Waals surface area contributed by atoms with Crippen molar-refractivity contribution in [2.24, 2.45) is 11.8 Å². The SMILES string of the molecule is O=C(O)c1ccc(CCC[C@H]2C(Cl)CC[C@@H]2/C=C\c2ccccc2)s1. The van der Waals surface area contributed by atoms with Crippen LogP contribution in [0, 0.1) is 11.8 Å². The Labute approximate surface area is 158 Å². The molecule has 3 atom stereocenters. The standard InChI is InChI=1S/C21H23ClO2S/c22-19-13-11-16(10-9-15-5-2-1-3-6-15)18(19)8-4-7-17-12-14-20(25-17)21(23)24/h1-3,5-6,9-10,12,14,16,18-19H,4,7-8,11,13H2,(H,23,24)/b10-9-/t16-,18+,19?/m0/s1. The van der Waals surface area contributed by atoms with E-state index in [-0.39, 0.29) is 5.38 Å². The van der Waals surface area contributed by atoms with Crippen LogP contribution in [0.3, 0.4) is 0 Å². The molecule has 0 aliphatic heterocycles. The first kappa shape index (κ1) is 18.2. The zero-order valence-corrected chi connectivity index (χ0v) is 15.7. The van der Waals surface area contributed by atoms with Crippen LogP contribution in [0.15, 0.2) is 48.5 Å². The average Bonchev–Trinajstić information content (AvgIpc) is 3.22. The van der Waals surface area contributed by atoms with Gasteiger partial charge < -0.3 is 5.11 Å². The molecule has 3 rings (SSSR count). The Morgan fingerprint density at radius 2 is 2.00 bits per heavy atom. The van der Waals surface area contributed by atoms with E-state index >= 15 is 0 Å². The molecular weight excluding hydrogens is 352 g/mol. The van der Waals surface area contributed by atoms with E-state index < -0.39 is 5.97 Å². The van der Waals surface area contributed by atoms with Crippen molar-refractivity contribution in [2.45, 2.75) is 37.5 Å². The summed E-state index contributed by atoms with van der Waals surface area (Å²) in [5.74, 6) is 0.222. The highest BCUT2D eigenvalue weighted by atomic mass is 35.5. The number of hydrogen-bond donors (Lipinski definition) is 1. The molecule has 2 nitrogen and oxygen atoms in total. The molecular formula is C21H23ClO2S. The van der Waals surface area contributed by atoms with Crippen LogP contribution >= 0.6 is 22.9 Å². The van der Waals surface area contributed by atoms with Crippen molar-refractivity contribution >= 4 is 35.0 Å². The minimum Gasteiger partial charge on any atom is -0.477 e. The number of halogens is 1. The number of carbonyl (C=O) groups is 1. The van der Waals surface area contributed by atoms with Gasteiger partial charge in [-0.1, -0.05) is 42.5 Å². The second kappa shape index (κ2) is 8.68. The summed E-state index contributed by atoms with van der Waals surface area (Å²) >= 11 is 7.96. The molecule has 1 unspecified atom stereocenters. The Morgan fingerprint density at radius 1 is 1.20 bits per heavy atom. The Bertz CT molecular complexity index is 723. The summed E-state index contributed by atoms with van der Waals surface area (Å²) in [6.45, 7) is 0. The van der Waals surface area contributed by atoms with Crippen LogP contribution in [-0.2, 0) is 6.42 Å². The first-order chi connectivity index (χ1) is 12.1. The maximum absolute atomic E-state index is 11.0. The number of rotatable bonds is 7. The molecule has 0 bridgehead atoms. The van der Waals surface area contributed by atoms with Gasteiger partial charge in [0.1, 0.15) is 4.88 Å². The molecule has 1 N–H and O–H groups in total. The third kappa shape index (κ3) is 4.96. The summed E-state index contributed by atoms with van der Waals surface area (Å²) in [7, 11) is 0. The van der Waals surface area contributed by atoms with Gasteiger partial charge in [-0.15, -0.1) is 22.9 Å². The Morgan fingerprint density at radius 3 is 2.72 bits per heavy atom. The van der Waals surface area contributed by atoms with Gasteiger partial charge in [-0.05, 0) is 61.6 Å². The fourth-order valence-corrected chi connectivity index (χ4v) is 4.95. The van der Waals surface area contributed by atoms with Crippen LogP contribution in [0.25, 0.3) is 6.08 Å². The molecule has 1 aromatic carbocycles. The lowest BCUT2D eigenvalue weighted by molar-refractivity contribution is 0.0702. The van der Waals surface area contributed by atoms with Crippen molar-refractivity contribution in [3.05, 3.63) is 63.9 Å². The van der Waals surface area contributed by atoms with Crippen molar-refractivity contribution in [3.8, 4) is 0 Å². The van der Waals surface area contributed by atoms with E-state index in [1.54, 1.807) is 6.07 Å². The highest BCUT2D eigenvalue weighted by Crippen LogP contribution is 2.40. The molecule has 0 saturated heterocycles. The highest BCUT2D eigenvalue weighted by molar-refractivity contribution is 7.13. The predicted molar refractivity (Wildman–Crippen MR) is 106 cm³/mol. The van der Waals surface area contributed by atoms with E-state index in [1.807, 2.05) is 12.1 Å². The van der Waals surface area contributed by atoms with E-state index in [2.05, 4.69) is 36.4 Å². The largest absolute Gasteiger partial charge is 0.477 e. The molecule has 1 fully saturated rings. The fourth-order valence-electron chi connectivity index (χ4n) is 3.62. The molecule has 0 spiro atoms. The molecule has 1 saturated carbocycles. The van der Waals surface area contributed by atoms with Gasteiger partial charge in [0.2, 0.25) is 0 Å². The summed E-state index contributed by atoms with van der Waals surface area (Å²) in [4.78, 5) is 12.5. The maximum atomic E-state index is 11.0. The summed E-state index contributed by atoms with van der Waals surface area (Å²) in [6.07, 6.45) is 9.87. The molecule has 1 aliphatic rings. The molecule has 132 valence electrons. The van der Waals surface area contributed by atoms with E-state index in [0.717, 1.165) is 37.0 Å². The monoisotopic (exact) mass is 374 g/mol. The molecule has 0 amide bonds. The molecule has 4 heteroatoms. The van der Waals surface area contributed by atoms with Gasteiger partial charge in [-0.25, -0.2) is 4.79 Å². The third-order valence-corrected chi connectivity index (χ3v) is 6.63. The number of aromatic carboxylic acids is 1. The molecule has 2 aromatic rings. The van der Waals surface area contributed by atoms with Crippen LogP contribution in [0.1, 0.15) is 45.8 Å². The van der Waals surface area contributed by atoms with E-state index in [9.17, 15) is 4.79 Å². The Balaban J connectivity index is 1.54. The van der Waals surface area contributed by atoms with Crippen molar-refractivity contribution < 1.29 is 9.90 Å². The Kier molecular flexibility index (Phi) is 6.33. The fraction of sp³-hybridized carbons (Fsp3) is 0.381. The highest BCUT2D eigenvalue weighted by Gasteiger charge is 2.32. The number of carboxylic acid groups (broad SMARTS) is 1. The second-order valence-corrected chi connectivity index (χ2v) is 8.38. The van der Waals surface area contributed by atoms with Gasteiger partial charge in [0.15, 0.2) is 0 Å². The van der Waals surface area contributed by atoms with Gasteiger partial charge in [0, 0.05) is 10.3 Å². The lowest BCUT2D eigenvalue weighted by Crippen LogP contribution is -2.14. The molecule has 25 heavy (non-hydrogen) atoms. The summed E-state index contributed by atoms with van der Waals surface area (Å²) in [5, 5.41) is 9.26. The smallest absolute Gasteiger partial charge is 0.345 e. The zero-order valence-electron chi connectivity index (χ0n) is 14.1. The minimum atomic E-state index is -0.834. The van der Waals surface area contributed by atoms with Gasteiger partial charge in [-0.2, -0.15) is 0 Å². The average molecular weight is 375 g/mol. The normalized spacial score (nSPS) is 23.3. The van der Waals surface area contributed by atoms with E-state index in [4.69, 9.17) is 16.7 Å². The van der Waals surface area contributed by atoms with Gasteiger partial charge in [0.05, 0.1) is 0 Å².